The molecule has 2 saturated carbocycles. The first-order valence-corrected chi connectivity index (χ1v) is 19.3. The maximum atomic E-state index is 13.9. The minimum atomic E-state index is -1.27. The second kappa shape index (κ2) is 16.6. The van der Waals surface area contributed by atoms with E-state index in [9.17, 15) is 19.8 Å². The minimum absolute atomic E-state index is 0.0165. The fraction of sp³-hybridized carbons (Fsp3) is 0.558. The summed E-state index contributed by atoms with van der Waals surface area (Å²) in [6.07, 6.45) is 11.7. The van der Waals surface area contributed by atoms with E-state index in [4.69, 9.17) is 24.2 Å². The van der Waals surface area contributed by atoms with E-state index in [-0.39, 0.29) is 55.3 Å². The van der Waals surface area contributed by atoms with Gasteiger partial charge in [0.15, 0.2) is 0 Å². The SMILES string of the molecule is C=CCOC12Oc3ccc(Oc4cccc(C=O)c4)cc3C3C(CCCCO)C(CCCCO)C=C(C(=NOC(C)(C)C)CC1N(C)C(=O)C1CC1)C32. The number of rotatable bonds is 17. The number of hydrogen-bond donors (Lipinski definition) is 2. The molecule has 2 aromatic carbocycles. The molecule has 2 fully saturated rings. The van der Waals surface area contributed by atoms with Gasteiger partial charge in [0.05, 0.1) is 18.2 Å². The fourth-order valence-corrected chi connectivity index (χ4v) is 8.54. The van der Waals surface area contributed by atoms with E-state index in [1.807, 2.05) is 57.0 Å². The molecule has 0 aromatic heterocycles. The largest absolute Gasteiger partial charge is 0.459 e. The number of aliphatic hydroxyl groups is 2. The van der Waals surface area contributed by atoms with Crippen molar-refractivity contribution in [1.82, 2.24) is 4.90 Å². The van der Waals surface area contributed by atoms with Crippen molar-refractivity contribution in [3.05, 3.63) is 77.9 Å². The third-order valence-electron chi connectivity index (χ3n) is 11.0. The van der Waals surface area contributed by atoms with E-state index < -0.39 is 17.4 Å². The Bertz CT molecular complexity index is 1690. The molecule has 286 valence electrons. The number of unbranched alkanes of at least 4 members (excludes halogenated alkanes) is 2. The summed E-state index contributed by atoms with van der Waals surface area (Å²) in [7, 11) is 1.86. The number of nitrogens with zero attached hydrogens (tertiary/aromatic N) is 2. The lowest BCUT2D eigenvalue weighted by molar-refractivity contribution is -0.256. The van der Waals surface area contributed by atoms with E-state index in [1.54, 1.807) is 24.3 Å². The molecule has 10 heteroatoms. The topological polar surface area (TPSA) is 127 Å². The van der Waals surface area contributed by atoms with Gasteiger partial charge in [0.1, 0.15) is 35.2 Å². The number of benzene rings is 2. The van der Waals surface area contributed by atoms with Crippen LogP contribution in [-0.2, 0) is 14.4 Å². The van der Waals surface area contributed by atoms with Gasteiger partial charge in [-0.25, -0.2) is 0 Å². The summed E-state index contributed by atoms with van der Waals surface area (Å²) in [4.78, 5) is 33.5. The van der Waals surface area contributed by atoms with Crippen LogP contribution in [0.1, 0.15) is 100 Å². The smallest absolute Gasteiger partial charge is 0.239 e. The second-order valence-corrected chi connectivity index (χ2v) is 16.0. The molecule has 10 nitrogen and oxygen atoms in total. The van der Waals surface area contributed by atoms with Crippen molar-refractivity contribution in [1.29, 1.82) is 0 Å². The molecule has 0 bridgehead atoms. The normalized spacial score (nSPS) is 26.8. The summed E-state index contributed by atoms with van der Waals surface area (Å²) in [6.45, 7) is 10.3. The van der Waals surface area contributed by atoms with E-state index >= 15 is 0 Å². The molecule has 4 aliphatic rings. The molecule has 1 heterocycles. The summed E-state index contributed by atoms with van der Waals surface area (Å²) in [5.74, 6) is 0.287. The van der Waals surface area contributed by atoms with Crippen molar-refractivity contribution in [2.45, 2.75) is 102 Å². The van der Waals surface area contributed by atoms with Gasteiger partial charge in [-0.05, 0) is 107 Å². The van der Waals surface area contributed by atoms with Crippen LogP contribution in [0.25, 0.3) is 0 Å². The molecule has 0 spiro atoms. The van der Waals surface area contributed by atoms with Crippen molar-refractivity contribution < 1.29 is 38.9 Å². The molecule has 6 unspecified atom stereocenters. The maximum absolute atomic E-state index is 13.9. The number of oxime groups is 1. The van der Waals surface area contributed by atoms with Crippen LogP contribution in [0.3, 0.4) is 0 Å². The molecule has 3 aliphatic carbocycles. The molecular formula is C43H56N2O8. The highest BCUT2D eigenvalue weighted by Gasteiger charge is 2.65. The number of carbonyl (C=O) groups is 2. The van der Waals surface area contributed by atoms with Crippen LogP contribution < -0.4 is 9.47 Å². The third-order valence-corrected chi connectivity index (χ3v) is 11.0. The lowest BCUT2D eigenvalue weighted by atomic mass is 9.55. The zero-order valence-corrected chi connectivity index (χ0v) is 31.7. The minimum Gasteiger partial charge on any atom is -0.459 e. The van der Waals surface area contributed by atoms with Gasteiger partial charge in [-0.1, -0.05) is 42.3 Å². The van der Waals surface area contributed by atoms with Crippen molar-refractivity contribution in [3.8, 4) is 17.2 Å². The van der Waals surface area contributed by atoms with Gasteiger partial charge < -0.3 is 34.2 Å². The van der Waals surface area contributed by atoms with E-state index in [1.165, 1.54) is 0 Å². The predicted octanol–water partition coefficient (Wildman–Crippen LogP) is 7.59. The van der Waals surface area contributed by atoms with Gasteiger partial charge in [-0.3, -0.25) is 9.59 Å². The van der Waals surface area contributed by atoms with Gasteiger partial charge in [0, 0.05) is 49.6 Å². The Kier molecular flexibility index (Phi) is 12.1. The standard InChI is InChI=1S/C43H56N2O8/c1-6-22-50-43-38(45(5)41(49)29-16-17-29)26-36(44-53-42(2,3)4)34-24-30(13-7-9-20-46)33(15-8-10-21-47)39(40(34)43)35-25-32(18-19-37(35)52-43)51-31-14-11-12-28(23-31)27-48/h6,11-12,14,18-19,23-25,27,29-30,33,38-40,46-47H,1,7-10,13,15-17,20-22,26H2,2-5H3. The molecule has 2 aromatic rings. The van der Waals surface area contributed by atoms with E-state index in [0.29, 0.717) is 42.1 Å². The summed E-state index contributed by atoms with van der Waals surface area (Å²) in [5, 5.41) is 24.5. The third kappa shape index (κ3) is 8.40. The van der Waals surface area contributed by atoms with Gasteiger partial charge in [0.2, 0.25) is 11.7 Å². The first-order valence-electron chi connectivity index (χ1n) is 19.3. The zero-order valence-electron chi connectivity index (χ0n) is 31.7. The predicted molar refractivity (Wildman–Crippen MR) is 203 cm³/mol. The van der Waals surface area contributed by atoms with Crippen LogP contribution in [0.15, 0.2) is 71.9 Å². The van der Waals surface area contributed by atoms with E-state index in [0.717, 1.165) is 61.7 Å². The molecule has 53 heavy (non-hydrogen) atoms. The second-order valence-electron chi connectivity index (χ2n) is 16.0. The van der Waals surface area contributed by atoms with Gasteiger partial charge in [0.25, 0.3) is 0 Å². The fourth-order valence-electron chi connectivity index (χ4n) is 8.54. The van der Waals surface area contributed by atoms with Crippen molar-refractivity contribution in [2.24, 2.45) is 28.8 Å². The van der Waals surface area contributed by atoms with Crippen LogP contribution in [0, 0.1) is 23.7 Å². The lowest BCUT2D eigenvalue weighted by Crippen LogP contribution is -2.69. The van der Waals surface area contributed by atoms with Gasteiger partial charge in [-0.2, -0.15) is 0 Å². The Morgan fingerprint density at radius 3 is 2.47 bits per heavy atom. The van der Waals surface area contributed by atoms with Crippen molar-refractivity contribution in [2.75, 3.05) is 26.9 Å². The Hall–Kier alpha value is -3.99. The Balaban J connectivity index is 1.57. The maximum Gasteiger partial charge on any atom is 0.239 e. The van der Waals surface area contributed by atoms with Crippen LogP contribution in [0.5, 0.6) is 17.2 Å². The number of amides is 1. The van der Waals surface area contributed by atoms with Gasteiger partial charge >= 0.3 is 0 Å². The average molecular weight is 729 g/mol. The number of allylic oxidation sites excluding steroid dienone is 1. The number of likely N-dealkylation sites (N-methyl/N-ethyl adjacent to an activating group) is 1. The highest BCUT2D eigenvalue weighted by atomic mass is 16.7. The molecule has 2 N–H and O–H groups in total. The number of carbonyl (C=O) groups excluding carboxylic acids is 2. The number of ether oxygens (including phenoxy) is 3. The van der Waals surface area contributed by atoms with Crippen LogP contribution in [-0.4, -0.2) is 77.3 Å². The first kappa shape index (κ1) is 38.7. The highest BCUT2D eigenvalue weighted by molar-refractivity contribution is 6.03. The Labute approximate surface area is 313 Å². The highest BCUT2D eigenvalue weighted by Crippen LogP contribution is 2.62. The van der Waals surface area contributed by atoms with Gasteiger partial charge in [-0.15, -0.1) is 6.58 Å². The molecule has 1 amide bonds. The summed E-state index contributed by atoms with van der Waals surface area (Å²) < 4.78 is 20.5. The molecule has 0 saturated heterocycles. The zero-order chi connectivity index (χ0) is 37.8. The number of aliphatic hydroxyl groups excluding tert-OH is 2. The van der Waals surface area contributed by atoms with E-state index in [2.05, 4.69) is 12.7 Å². The number of aldehydes is 1. The summed E-state index contributed by atoms with van der Waals surface area (Å²) in [6, 6.07) is 12.4. The lowest BCUT2D eigenvalue weighted by Gasteiger charge is -2.59. The van der Waals surface area contributed by atoms with Crippen molar-refractivity contribution >= 4 is 17.9 Å². The van der Waals surface area contributed by atoms with Crippen LogP contribution in [0.4, 0.5) is 0 Å². The molecule has 6 rings (SSSR count). The van der Waals surface area contributed by atoms with Crippen molar-refractivity contribution in [3.63, 3.8) is 0 Å². The molecule has 6 atom stereocenters. The van der Waals surface area contributed by atoms with Crippen LogP contribution >= 0.6 is 0 Å². The molecular weight excluding hydrogens is 672 g/mol. The quantitative estimate of drug-likeness (QED) is 0.0739. The monoisotopic (exact) mass is 728 g/mol. The average Bonchev–Trinajstić information content (AvgIpc) is 4.00. The number of fused-ring (bicyclic) bond motifs is 2. The Morgan fingerprint density at radius 1 is 1.06 bits per heavy atom. The number of hydrogen-bond acceptors (Lipinski definition) is 9. The summed E-state index contributed by atoms with van der Waals surface area (Å²) >= 11 is 0. The molecule has 1 aliphatic heterocycles. The first-order chi connectivity index (χ1) is 25.5. The molecule has 0 radical (unpaired) electrons. The summed E-state index contributed by atoms with van der Waals surface area (Å²) in [5.41, 5.74) is 2.72. The Morgan fingerprint density at radius 2 is 1.79 bits per heavy atom. The van der Waals surface area contributed by atoms with Crippen LogP contribution in [0.2, 0.25) is 0 Å².